The average molecular weight is 153 g/mol. The van der Waals surface area contributed by atoms with Crippen LogP contribution in [0.3, 0.4) is 0 Å². The van der Waals surface area contributed by atoms with Crippen LogP contribution in [0.2, 0.25) is 0 Å². The molecule has 0 atom stereocenters. The number of rotatable bonds is 2. The second-order valence-corrected chi connectivity index (χ2v) is 1.81. The van der Waals surface area contributed by atoms with Crippen molar-refractivity contribution in [3.8, 4) is 0 Å². The topological polar surface area (TPSA) is 98.1 Å². The predicted molar refractivity (Wildman–Crippen MR) is 39.2 cm³/mol. The van der Waals surface area contributed by atoms with E-state index in [0.717, 1.165) is 5.01 Å². The summed E-state index contributed by atoms with van der Waals surface area (Å²) >= 11 is 0. The minimum absolute atomic E-state index is 0.259. The number of anilines is 2. The number of carbonyl (C=O) groups excluding carboxylic acids is 1. The maximum absolute atomic E-state index is 10.1. The molecule has 1 amide bonds. The minimum atomic E-state index is 0.259. The van der Waals surface area contributed by atoms with Crippen molar-refractivity contribution in [3.05, 3.63) is 12.4 Å². The molecule has 0 saturated carbocycles. The summed E-state index contributed by atoms with van der Waals surface area (Å²) < 4.78 is 0. The van der Waals surface area contributed by atoms with E-state index in [9.17, 15) is 4.79 Å². The van der Waals surface area contributed by atoms with E-state index in [1.165, 1.54) is 12.4 Å². The Kier molecular flexibility index (Phi) is 1.98. The monoisotopic (exact) mass is 153 g/mol. The molecule has 0 radical (unpaired) electrons. The van der Waals surface area contributed by atoms with Gasteiger partial charge >= 0.3 is 0 Å². The number of nitrogen functional groups attached to an aromatic ring is 1. The van der Waals surface area contributed by atoms with E-state index in [0.29, 0.717) is 6.41 Å². The summed E-state index contributed by atoms with van der Waals surface area (Å²) in [6.07, 6.45) is 3.06. The van der Waals surface area contributed by atoms with Gasteiger partial charge in [-0.05, 0) is 0 Å². The number of carbonyl (C=O) groups is 1. The van der Waals surface area contributed by atoms with Crippen LogP contribution in [0.25, 0.3) is 0 Å². The van der Waals surface area contributed by atoms with Crippen LogP contribution in [0, 0.1) is 0 Å². The zero-order valence-corrected chi connectivity index (χ0v) is 5.64. The number of hydrogen-bond donors (Lipinski definition) is 2. The lowest BCUT2D eigenvalue weighted by Gasteiger charge is -2.06. The molecule has 0 aliphatic carbocycles. The Bertz CT molecular complexity index is 246. The molecule has 0 spiro atoms. The van der Waals surface area contributed by atoms with E-state index in [2.05, 4.69) is 9.97 Å². The van der Waals surface area contributed by atoms with Crippen molar-refractivity contribution < 1.29 is 4.79 Å². The third-order valence-corrected chi connectivity index (χ3v) is 1.04. The lowest BCUT2D eigenvalue weighted by atomic mass is 10.6. The summed E-state index contributed by atoms with van der Waals surface area (Å²) in [7, 11) is 0. The molecule has 6 nitrogen and oxygen atoms in total. The van der Waals surface area contributed by atoms with Gasteiger partial charge in [-0.3, -0.25) is 4.79 Å². The molecule has 1 heterocycles. The summed E-state index contributed by atoms with van der Waals surface area (Å²) in [6.45, 7) is 0. The van der Waals surface area contributed by atoms with Crippen molar-refractivity contribution in [1.82, 2.24) is 9.97 Å². The fourth-order valence-corrected chi connectivity index (χ4v) is 0.519. The molecule has 11 heavy (non-hydrogen) atoms. The van der Waals surface area contributed by atoms with E-state index in [4.69, 9.17) is 11.6 Å². The Morgan fingerprint density at radius 3 is 2.64 bits per heavy atom. The highest BCUT2D eigenvalue weighted by Gasteiger charge is 1.99. The summed E-state index contributed by atoms with van der Waals surface area (Å²) in [4.78, 5) is 17.5. The number of hydrazine groups is 1. The van der Waals surface area contributed by atoms with Gasteiger partial charge in [0.2, 0.25) is 6.41 Å². The number of nitrogens with zero attached hydrogens (tertiary/aromatic N) is 3. The summed E-state index contributed by atoms with van der Waals surface area (Å²) in [5.41, 5.74) is 5.25. The molecular weight excluding hydrogens is 146 g/mol. The quantitative estimate of drug-likeness (QED) is 0.243. The first-order valence-electron chi connectivity index (χ1n) is 2.81. The molecular formula is C5H7N5O. The van der Waals surface area contributed by atoms with Crippen LogP contribution in [0.15, 0.2) is 12.4 Å². The molecule has 1 aromatic heterocycles. The van der Waals surface area contributed by atoms with E-state index in [1.807, 2.05) is 0 Å². The molecule has 0 aliphatic rings. The highest BCUT2D eigenvalue weighted by atomic mass is 16.1. The molecule has 1 aromatic rings. The van der Waals surface area contributed by atoms with Crippen molar-refractivity contribution in [2.75, 3.05) is 10.7 Å². The van der Waals surface area contributed by atoms with E-state index in [-0.39, 0.29) is 11.6 Å². The number of hydrogen-bond acceptors (Lipinski definition) is 5. The van der Waals surface area contributed by atoms with Gasteiger partial charge in [0.25, 0.3) is 0 Å². The molecule has 0 fully saturated rings. The van der Waals surface area contributed by atoms with Crippen LogP contribution in [0.1, 0.15) is 0 Å². The predicted octanol–water partition coefficient (Wildman–Crippen LogP) is -1.10. The Balaban J connectivity index is 2.89. The third-order valence-electron chi connectivity index (χ3n) is 1.04. The van der Waals surface area contributed by atoms with Crippen molar-refractivity contribution in [3.63, 3.8) is 0 Å². The first-order chi connectivity index (χ1) is 5.24. The number of amides is 1. The van der Waals surface area contributed by atoms with Crippen LogP contribution >= 0.6 is 0 Å². The number of nitrogens with two attached hydrogens (primary N) is 2. The SMILES string of the molecule is Nc1cnc(N(N)C=O)cn1. The Hall–Kier alpha value is -1.69. The molecule has 0 bridgehead atoms. The first-order valence-corrected chi connectivity index (χ1v) is 2.81. The van der Waals surface area contributed by atoms with E-state index in [1.54, 1.807) is 0 Å². The first kappa shape index (κ1) is 7.42. The lowest BCUT2D eigenvalue weighted by Crippen LogP contribution is -2.29. The third kappa shape index (κ3) is 1.62. The number of aromatic nitrogens is 2. The Morgan fingerprint density at radius 1 is 1.45 bits per heavy atom. The smallest absolute Gasteiger partial charge is 0.229 e. The zero-order chi connectivity index (χ0) is 8.27. The van der Waals surface area contributed by atoms with Crippen molar-refractivity contribution in [2.24, 2.45) is 5.84 Å². The van der Waals surface area contributed by atoms with Gasteiger partial charge in [0.1, 0.15) is 5.82 Å². The molecule has 1 rings (SSSR count). The molecule has 0 unspecified atom stereocenters. The fraction of sp³-hybridized carbons (Fsp3) is 0. The van der Waals surface area contributed by atoms with E-state index >= 15 is 0 Å². The van der Waals surface area contributed by atoms with Gasteiger partial charge in [-0.1, -0.05) is 0 Å². The molecule has 58 valence electrons. The highest BCUT2D eigenvalue weighted by molar-refractivity contribution is 5.70. The standard InChI is InChI=1S/C5H7N5O/c6-4-1-9-5(2-8-4)10(7)3-11/h1-3H,7H2,(H2,6,8). The van der Waals surface area contributed by atoms with E-state index < -0.39 is 0 Å². The second-order valence-electron chi connectivity index (χ2n) is 1.81. The summed E-state index contributed by atoms with van der Waals surface area (Å²) in [6, 6.07) is 0. The van der Waals surface area contributed by atoms with Gasteiger partial charge in [-0.2, -0.15) is 0 Å². The van der Waals surface area contributed by atoms with Crippen molar-refractivity contribution in [1.29, 1.82) is 0 Å². The maximum Gasteiger partial charge on any atom is 0.229 e. The van der Waals surface area contributed by atoms with Crippen LogP contribution in [0.4, 0.5) is 11.6 Å². The van der Waals surface area contributed by atoms with Crippen molar-refractivity contribution >= 4 is 18.0 Å². The van der Waals surface area contributed by atoms with Crippen LogP contribution < -0.4 is 16.6 Å². The highest BCUT2D eigenvalue weighted by Crippen LogP contribution is 2.02. The molecule has 0 aliphatic heterocycles. The Morgan fingerprint density at radius 2 is 2.18 bits per heavy atom. The summed E-state index contributed by atoms with van der Waals surface area (Å²) in [5, 5.41) is 0.812. The zero-order valence-electron chi connectivity index (χ0n) is 5.64. The van der Waals surface area contributed by atoms with Gasteiger partial charge in [0, 0.05) is 0 Å². The fourth-order valence-electron chi connectivity index (χ4n) is 0.519. The van der Waals surface area contributed by atoms with Crippen LogP contribution in [-0.2, 0) is 4.79 Å². The average Bonchev–Trinajstić information content (AvgIpc) is 2.05. The van der Waals surface area contributed by atoms with Crippen LogP contribution in [-0.4, -0.2) is 16.4 Å². The van der Waals surface area contributed by atoms with Gasteiger partial charge < -0.3 is 5.73 Å². The molecule has 6 heteroatoms. The summed E-state index contributed by atoms with van der Waals surface area (Å²) in [5.74, 6) is 5.71. The van der Waals surface area contributed by atoms with Gasteiger partial charge in [-0.15, -0.1) is 0 Å². The van der Waals surface area contributed by atoms with Gasteiger partial charge in [0.05, 0.1) is 12.4 Å². The molecule has 4 N–H and O–H groups in total. The minimum Gasteiger partial charge on any atom is -0.382 e. The maximum atomic E-state index is 10.1. The van der Waals surface area contributed by atoms with Gasteiger partial charge in [-0.25, -0.2) is 20.8 Å². The van der Waals surface area contributed by atoms with Crippen molar-refractivity contribution in [2.45, 2.75) is 0 Å². The normalized spacial score (nSPS) is 9.18. The van der Waals surface area contributed by atoms with Gasteiger partial charge in [0.15, 0.2) is 5.82 Å². The lowest BCUT2D eigenvalue weighted by molar-refractivity contribution is -0.107. The largest absolute Gasteiger partial charge is 0.382 e. The molecule has 0 saturated heterocycles. The second kappa shape index (κ2) is 2.93. The molecule has 0 aromatic carbocycles. The Labute approximate surface area is 62.8 Å². The van der Waals surface area contributed by atoms with Crippen LogP contribution in [0.5, 0.6) is 0 Å².